The summed E-state index contributed by atoms with van der Waals surface area (Å²) < 4.78 is 7.27. The molecule has 0 saturated heterocycles. The number of anilines is 2. The maximum Gasteiger partial charge on any atom is 0.229 e. The van der Waals surface area contributed by atoms with Crippen LogP contribution in [0, 0.1) is 0 Å². The second kappa shape index (κ2) is 10.4. The van der Waals surface area contributed by atoms with E-state index in [1.165, 1.54) is 24.0 Å². The minimum Gasteiger partial charge on any atom is -0.497 e. The number of methoxy groups -OCH3 is 1. The predicted molar refractivity (Wildman–Crippen MR) is 168 cm³/mol. The fourth-order valence-electron chi connectivity index (χ4n) is 6.19. The van der Waals surface area contributed by atoms with Crippen LogP contribution in [0.2, 0.25) is 10.0 Å². The third-order valence-electron chi connectivity index (χ3n) is 8.36. The summed E-state index contributed by atoms with van der Waals surface area (Å²) in [4.78, 5) is 25.6. The molecular weight excluding hydrogens is 569 g/mol. The second-order valence-corrected chi connectivity index (χ2v) is 12.1. The highest BCUT2D eigenvalue weighted by Gasteiger charge is 2.48. The van der Waals surface area contributed by atoms with Crippen LogP contribution in [0.3, 0.4) is 0 Å². The molecule has 42 heavy (non-hydrogen) atoms. The van der Waals surface area contributed by atoms with Crippen LogP contribution in [0.25, 0.3) is 22.2 Å². The number of ether oxygens (including phenoxy) is 1. The Balaban J connectivity index is 1.32. The van der Waals surface area contributed by atoms with Gasteiger partial charge in [0.1, 0.15) is 11.4 Å². The molecule has 0 atom stereocenters. The molecule has 7 nitrogen and oxygen atoms in total. The van der Waals surface area contributed by atoms with Gasteiger partial charge in [0.15, 0.2) is 0 Å². The number of aromatic nitrogens is 3. The lowest BCUT2D eigenvalue weighted by molar-refractivity contribution is 0.271. The molecule has 1 aliphatic heterocycles. The molecule has 1 aliphatic carbocycles. The number of hydrogen-bond acceptors (Lipinski definition) is 6. The quantitative estimate of drug-likeness (QED) is 0.226. The van der Waals surface area contributed by atoms with Gasteiger partial charge in [-0.3, -0.25) is 4.79 Å². The van der Waals surface area contributed by atoms with E-state index in [9.17, 15) is 4.79 Å². The number of fused-ring (bicyclic) bond motifs is 3. The van der Waals surface area contributed by atoms with Crippen molar-refractivity contribution >= 4 is 45.9 Å². The van der Waals surface area contributed by atoms with Gasteiger partial charge in [-0.25, -0.2) is 4.98 Å². The van der Waals surface area contributed by atoms with Crippen molar-refractivity contribution in [2.45, 2.75) is 31.3 Å². The molecule has 0 bridgehead atoms. The van der Waals surface area contributed by atoms with Crippen LogP contribution in [-0.2, 0) is 18.5 Å². The summed E-state index contributed by atoms with van der Waals surface area (Å²) in [7, 11) is 3.82. The van der Waals surface area contributed by atoms with Crippen LogP contribution < -0.4 is 15.5 Å². The molecule has 1 spiro atoms. The third kappa shape index (κ3) is 4.81. The van der Waals surface area contributed by atoms with E-state index in [2.05, 4.69) is 40.4 Å². The van der Waals surface area contributed by atoms with E-state index in [1.54, 1.807) is 37.7 Å². The SMILES string of the molecule is COc1ccc(Cn2cc(-c3c(Cl)cccc3Cl)c(=O)c3cnc(Nc4ccc5c(c4)CN(C)CC54CC4)nc32)cc1. The number of halogens is 2. The van der Waals surface area contributed by atoms with Crippen LogP contribution in [0.1, 0.15) is 29.5 Å². The topological polar surface area (TPSA) is 72.3 Å². The fraction of sp³-hybridized carbons (Fsp3) is 0.242. The summed E-state index contributed by atoms with van der Waals surface area (Å²) in [6.45, 7) is 2.49. The molecule has 1 saturated carbocycles. The van der Waals surface area contributed by atoms with Crippen molar-refractivity contribution in [2.24, 2.45) is 0 Å². The summed E-state index contributed by atoms with van der Waals surface area (Å²) in [5.41, 5.74) is 6.21. The first-order chi connectivity index (χ1) is 20.3. The van der Waals surface area contributed by atoms with Crippen molar-refractivity contribution in [3.63, 3.8) is 0 Å². The first-order valence-corrected chi connectivity index (χ1v) is 14.7. The van der Waals surface area contributed by atoms with E-state index < -0.39 is 0 Å². The van der Waals surface area contributed by atoms with E-state index in [4.69, 9.17) is 32.9 Å². The van der Waals surface area contributed by atoms with Gasteiger partial charge >= 0.3 is 0 Å². The van der Waals surface area contributed by atoms with Gasteiger partial charge in [0.25, 0.3) is 0 Å². The Bertz CT molecular complexity index is 1880. The van der Waals surface area contributed by atoms with Crippen LogP contribution in [0.4, 0.5) is 11.6 Å². The average molecular weight is 599 g/mol. The highest BCUT2D eigenvalue weighted by atomic mass is 35.5. The molecule has 2 aromatic heterocycles. The lowest BCUT2D eigenvalue weighted by Gasteiger charge is -2.32. The highest BCUT2D eigenvalue weighted by Crippen LogP contribution is 2.52. The second-order valence-electron chi connectivity index (χ2n) is 11.3. The number of nitrogens with one attached hydrogen (secondary N) is 1. The van der Waals surface area contributed by atoms with Gasteiger partial charge in [-0.2, -0.15) is 4.98 Å². The average Bonchev–Trinajstić information content (AvgIpc) is 3.74. The summed E-state index contributed by atoms with van der Waals surface area (Å²) >= 11 is 13.1. The summed E-state index contributed by atoms with van der Waals surface area (Å²) in [5.74, 6) is 1.18. The molecule has 1 N–H and O–H groups in total. The van der Waals surface area contributed by atoms with Crippen molar-refractivity contribution in [2.75, 3.05) is 26.0 Å². The van der Waals surface area contributed by atoms with Crippen LogP contribution in [0.5, 0.6) is 5.75 Å². The van der Waals surface area contributed by atoms with E-state index in [0.29, 0.717) is 50.1 Å². The molecule has 3 aromatic carbocycles. The molecule has 5 aromatic rings. The van der Waals surface area contributed by atoms with Crippen LogP contribution in [-0.4, -0.2) is 40.1 Å². The minimum absolute atomic E-state index is 0.232. The van der Waals surface area contributed by atoms with Gasteiger partial charge in [0.2, 0.25) is 11.4 Å². The molecule has 1 fully saturated rings. The van der Waals surface area contributed by atoms with Gasteiger partial charge in [0, 0.05) is 54.3 Å². The number of hydrogen-bond donors (Lipinski definition) is 1. The van der Waals surface area contributed by atoms with Crippen molar-refractivity contribution in [1.29, 1.82) is 0 Å². The zero-order valence-electron chi connectivity index (χ0n) is 23.3. The number of likely N-dealkylation sites (N-methyl/N-ethyl adjacent to an activating group) is 1. The number of rotatable bonds is 6. The molecule has 0 amide bonds. The van der Waals surface area contributed by atoms with E-state index in [-0.39, 0.29) is 5.43 Å². The smallest absolute Gasteiger partial charge is 0.229 e. The summed E-state index contributed by atoms with van der Waals surface area (Å²) in [6.07, 6.45) is 5.86. The Morgan fingerprint density at radius 2 is 1.81 bits per heavy atom. The van der Waals surface area contributed by atoms with Crippen LogP contribution in [0.15, 0.2) is 77.9 Å². The normalized spacial score (nSPS) is 15.5. The fourth-order valence-corrected chi connectivity index (χ4v) is 6.79. The molecule has 0 radical (unpaired) electrons. The van der Waals surface area contributed by atoms with Crippen LogP contribution >= 0.6 is 23.2 Å². The van der Waals surface area contributed by atoms with Gasteiger partial charge in [0.05, 0.1) is 22.5 Å². The van der Waals surface area contributed by atoms with Gasteiger partial charge in [-0.05, 0) is 73.0 Å². The zero-order valence-corrected chi connectivity index (χ0v) is 24.8. The Hall–Kier alpha value is -3.91. The maximum absolute atomic E-state index is 13.8. The van der Waals surface area contributed by atoms with Crippen molar-refractivity contribution in [3.05, 3.63) is 110 Å². The molecule has 2 aliphatic rings. The first kappa shape index (κ1) is 27.0. The summed E-state index contributed by atoms with van der Waals surface area (Å²) in [5, 5.41) is 4.57. The lowest BCUT2D eigenvalue weighted by Crippen LogP contribution is -2.35. The van der Waals surface area contributed by atoms with Gasteiger partial charge < -0.3 is 19.5 Å². The van der Waals surface area contributed by atoms with Gasteiger partial charge in [-0.15, -0.1) is 0 Å². The Kier molecular flexibility index (Phi) is 6.69. The monoisotopic (exact) mass is 597 g/mol. The third-order valence-corrected chi connectivity index (χ3v) is 8.99. The molecule has 7 rings (SSSR count). The molecular formula is C33H29Cl2N5O2. The number of nitrogens with zero attached hydrogens (tertiary/aromatic N) is 4. The van der Waals surface area contributed by atoms with Crippen molar-refractivity contribution in [3.8, 4) is 16.9 Å². The van der Waals surface area contributed by atoms with E-state index in [0.717, 1.165) is 30.1 Å². The highest BCUT2D eigenvalue weighted by molar-refractivity contribution is 6.39. The minimum atomic E-state index is -0.232. The lowest BCUT2D eigenvalue weighted by atomic mass is 9.87. The van der Waals surface area contributed by atoms with Gasteiger partial charge in [-0.1, -0.05) is 47.5 Å². The molecule has 0 unspecified atom stereocenters. The number of pyridine rings is 1. The molecule has 3 heterocycles. The number of benzene rings is 3. The zero-order chi connectivity index (χ0) is 29.0. The van der Waals surface area contributed by atoms with Crippen molar-refractivity contribution < 1.29 is 4.74 Å². The summed E-state index contributed by atoms with van der Waals surface area (Å²) in [6, 6.07) is 19.6. The van der Waals surface area contributed by atoms with E-state index in [1.807, 2.05) is 28.8 Å². The standard InChI is InChI=1S/C33H29Cl2N5O2/c1-39-17-21-14-22(8-11-26(21)33(19-39)12-13-33)37-32-36-15-24-30(41)25(29-27(34)4-3-5-28(29)35)18-40(31(24)38-32)16-20-6-9-23(42-2)10-7-20/h3-11,14-15,18H,12-13,16-17,19H2,1-2H3,(H,36,37,38). The first-order valence-electron chi connectivity index (χ1n) is 13.9. The Morgan fingerprint density at radius 1 is 1.05 bits per heavy atom. The van der Waals surface area contributed by atoms with Crippen molar-refractivity contribution in [1.82, 2.24) is 19.4 Å². The predicted octanol–water partition coefficient (Wildman–Crippen LogP) is 7.04. The Morgan fingerprint density at radius 3 is 2.52 bits per heavy atom. The Labute approximate surface area is 253 Å². The molecule has 212 valence electrons. The van der Waals surface area contributed by atoms with E-state index >= 15 is 0 Å². The maximum atomic E-state index is 13.8. The molecule has 9 heteroatoms. The largest absolute Gasteiger partial charge is 0.497 e.